The van der Waals surface area contributed by atoms with E-state index in [0.717, 1.165) is 6.07 Å². The van der Waals surface area contributed by atoms with Crippen molar-refractivity contribution in [2.75, 3.05) is 6.61 Å². The lowest BCUT2D eigenvalue weighted by atomic mass is 9.95. The highest BCUT2D eigenvalue weighted by molar-refractivity contribution is 5.28. The zero-order valence-corrected chi connectivity index (χ0v) is 11.5. The van der Waals surface area contributed by atoms with E-state index in [0.29, 0.717) is 18.7 Å². The topological polar surface area (TPSA) is 29.5 Å². The molecular weight excluding hydrogens is 276 g/mol. The van der Waals surface area contributed by atoms with Crippen LogP contribution in [0.25, 0.3) is 0 Å². The number of aliphatic hydroxyl groups excluding tert-OH is 1. The lowest BCUT2D eigenvalue weighted by molar-refractivity contribution is -0.140. The van der Waals surface area contributed by atoms with E-state index in [1.165, 1.54) is 0 Å². The zero-order chi connectivity index (χ0) is 15.5. The van der Waals surface area contributed by atoms with Crippen LogP contribution in [0.1, 0.15) is 38.0 Å². The molecule has 20 heavy (non-hydrogen) atoms. The van der Waals surface area contributed by atoms with Crippen LogP contribution in [-0.4, -0.2) is 17.8 Å². The molecule has 0 amide bonds. The van der Waals surface area contributed by atoms with Crippen molar-refractivity contribution >= 4 is 0 Å². The van der Waals surface area contributed by atoms with Gasteiger partial charge in [0.05, 0.1) is 11.7 Å². The minimum absolute atomic E-state index is 0.0599. The first-order valence-electron chi connectivity index (χ1n) is 6.34. The molecule has 0 saturated carbocycles. The van der Waals surface area contributed by atoms with Gasteiger partial charge in [0.15, 0.2) is 0 Å². The van der Waals surface area contributed by atoms with E-state index in [4.69, 9.17) is 4.74 Å². The maximum atomic E-state index is 13.5. The van der Waals surface area contributed by atoms with Gasteiger partial charge in [-0.15, -0.1) is 0 Å². The van der Waals surface area contributed by atoms with Gasteiger partial charge in [0, 0.05) is 6.61 Å². The number of alkyl halides is 3. The van der Waals surface area contributed by atoms with Crippen molar-refractivity contribution in [2.24, 2.45) is 5.92 Å². The largest absolute Gasteiger partial charge is 0.419 e. The molecule has 1 aromatic rings. The van der Waals surface area contributed by atoms with E-state index < -0.39 is 29.8 Å². The summed E-state index contributed by atoms with van der Waals surface area (Å²) in [4.78, 5) is 0. The first-order valence-corrected chi connectivity index (χ1v) is 6.34. The number of halogens is 4. The highest BCUT2D eigenvalue weighted by atomic mass is 19.4. The van der Waals surface area contributed by atoms with Crippen LogP contribution in [0.4, 0.5) is 17.6 Å². The van der Waals surface area contributed by atoms with Gasteiger partial charge in [-0.2, -0.15) is 13.2 Å². The van der Waals surface area contributed by atoms with Crippen LogP contribution in [0.2, 0.25) is 0 Å². The van der Waals surface area contributed by atoms with Crippen molar-refractivity contribution in [2.45, 2.75) is 39.2 Å². The Morgan fingerprint density at radius 3 is 2.25 bits per heavy atom. The fourth-order valence-corrected chi connectivity index (χ4v) is 1.98. The lowest BCUT2D eigenvalue weighted by Crippen LogP contribution is -2.28. The van der Waals surface area contributed by atoms with Gasteiger partial charge in [0.2, 0.25) is 0 Å². The molecule has 1 rings (SSSR count). The second-order valence-electron chi connectivity index (χ2n) is 4.85. The Labute approximate surface area is 115 Å². The molecule has 6 heteroatoms. The van der Waals surface area contributed by atoms with E-state index in [2.05, 4.69) is 0 Å². The van der Waals surface area contributed by atoms with Crippen molar-refractivity contribution in [3.8, 4) is 0 Å². The van der Waals surface area contributed by atoms with E-state index >= 15 is 0 Å². The summed E-state index contributed by atoms with van der Waals surface area (Å²) in [7, 11) is 0. The molecule has 0 aliphatic carbocycles. The van der Waals surface area contributed by atoms with Crippen LogP contribution in [0.5, 0.6) is 0 Å². The molecule has 0 fully saturated rings. The maximum absolute atomic E-state index is 13.5. The van der Waals surface area contributed by atoms with Gasteiger partial charge in [-0.1, -0.05) is 19.9 Å². The number of hydrogen-bond donors (Lipinski definition) is 1. The molecule has 114 valence electrons. The van der Waals surface area contributed by atoms with Crippen LogP contribution in [0.15, 0.2) is 18.2 Å². The average molecular weight is 294 g/mol. The van der Waals surface area contributed by atoms with Gasteiger partial charge < -0.3 is 9.84 Å². The third-order valence-corrected chi connectivity index (χ3v) is 2.97. The second-order valence-corrected chi connectivity index (χ2v) is 4.85. The molecular formula is C14H18F4O2. The summed E-state index contributed by atoms with van der Waals surface area (Å²) in [5.74, 6) is -1.46. The highest BCUT2D eigenvalue weighted by Gasteiger charge is 2.35. The predicted octanol–water partition coefficient (Wildman–Crippen LogP) is 3.94. The van der Waals surface area contributed by atoms with Crippen molar-refractivity contribution in [1.82, 2.24) is 0 Å². The Morgan fingerprint density at radius 2 is 1.85 bits per heavy atom. The minimum atomic E-state index is -4.75. The fraction of sp³-hybridized carbons (Fsp3) is 0.571. The molecule has 1 N–H and O–H groups in total. The first-order chi connectivity index (χ1) is 9.18. The Kier molecular flexibility index (Phi) is 5.53. The fourth-order valence-electron chi connectivity index (χ4n) is 1.98. The van der Waals surface area contributed by atoms with Crippen LogP contribution in [-0.2, 0) is 10.9 Å². The van der Waals surface area contributed by atoms with Crippen molar-refractivity contribution in [1.29, 1.82) is 0 Å². The normalized spacial score (nSPS) is 15.4. The van der Waals surface area contributed by atoms with Gasteiger partial charge in [0.25, 0.3) is 0 Å². The van der Waals surface area contributed by atoms with E-state index in [1.807, 2.05) is 13.8 Å². The molecule has 0 spiro atoms. The second kappa shape index (κ2) is 6.54. The minimum Gasteiger partial charge on any atom is -0.386 e. The molecule has 0 bridgehead atoms. The quantitative estimate of drug-likeness (QED) is 0.834. The molecule has 2 unspecified atom stereocenters. The molecule has 0 aromatic heterocycles. The third-order valence-electron chi connectivity index (χ3n) is 2.97. The summed E-state index contributed by atoms with van der Waals surface area (Å²) in [6, 6.07) is 2.42. The van der Waals surface area contributed by atoms with Crippen LogP contribution in [0, 0.1) is 11.7 Å². The Balaban J connectivity index is 3.05. The first kappa shape index (κ1) is 16.9. The molecule has 0 radical (unpaired) electrons. The molecule has 0 aliphatic heterocycles. The van der Waals surface area contributed by atoms with Crippen molar-refractivity contribution < 1.29 is 27.4 Å². The molecule has 0 aliphatic rings. The molecule has 0 saturated heterocycles. The number of rotatable bonds is 5. The third kappa shape index (κ3) is 3.93. The Morgan fingerprint density at radius 1 is 1.25 bits per heavy atom. The number of benzene rings is 1. The Hall–Kier alpha value is -1.14. The summed E-state index contributed by atoms with van der Waals surface area (Å²) in [5.41, 5.74) is -1.27. The monoisotopic (exact) mass is 294 g/mol. The van der Waals surface area contributed by atoms with Crippen LogP contribution < -0.4 is 0 Å². The molecule has 2 nitrogen and oxygen atoms in total. The van der Waals surface area contributed by atoms with Crippen molar-refractivity contribution in [3.05, 3.63) is 35.1 Å². The Bertz CT molecular complexity index is 443. The van der Waals surface area contributed by atoms with E-state index in [1.54, 1.807) is 6.92 Å². The lowest BCUT2D eigenvalue weighted by Gasteiger charge is -2.26. The highest BCUT2D eigenvalue weighted by Crippen LogP contribution is 2.33. The van der Waals surface area contributed by atoms with Crippen LogP contribution in [0.3, 0.4) is 0 Å². The molecule has 1 aromatic carbocycles. The smallest absolute Gasteiger partial charge is 0.386 e. The standard InChI is InChI=1S/C14H18F4O2/c1-4-20-13(8(2)3)12(19)9-5-6-10(11(15)7-9)14(16,17)18/h5-8,12-13,19H,4H2,1-3H3. The summed E-state index contributed by atoms with van der Waals surface area (Å²) < 4.78 is 56.2. The summed E-state index contributed by atoms with van der Waals surface area (Å²) >= 11 is 0. The number of hydrogen-bond acceptors (Lipinski definition) is 2. The molecule has 0 heterocycles. The van der Waals surface area contributed by atoms with Gasteiger partial charge >= 0.3 is 6.18 Å². The predicted molar refractivity (Wildman–Crippen MR) is 66.6 cm³/mol. The zero-order valence-electron chi connectivity index (χ0n) is 11.5. The van der Waals surface area contributed by atoms with E-state index in [-0.39, 0.29) is 11.5 Å². The van der Waals surface area contributed by atoms with E-state index in [9.17, 15) is 22.7 Å². The molecule has 2 atom stereocenters. The summed E-state index contributed by atoms with van der Waals surface area (Å²) in [6.45, 7) is 5.71. The maximum Gasteiger partial charge on any atom is 0.419 e. The van der Waals surface area contributed by atoms with Crippen LogP contribution >= 0.6 is 0 Å². The summed E-state index contributed by atoms with van der Waals surface area (Å²) in [6.07, 6.45) is -6.52. The number of aliphatic hydroxyl groups is 1. The SMILES string of the molecule is CCOC(C(C)C)C(O)c1ccc(C(F)(F)F)c(F)c1. The van der Waals surface area contributed by atoms with Gasteiger partial charge in [-0.05, 0) is 30.5 Å². The number of ether oxygens (including phenoxy) is 1. The van der Waals surface area contributed by atoms with Gasteiger partial charge in [-0.25, -0.2) is 4.39 Å². The average Bonchev–Trinajstić information content (AvgIpc) is 2.33. The summed E-state index contributed by atoms with van der Waals surface area (Å²) in [5, 5.41) is 10.1. The van der Waals surface area contributed by atoms with Gasteiger partial charge in [0.1, 0.15) is 11.9 Å². The van der Waals surface area contributed by atoms with Gasteiger partial charge in [-0.3, -0.25) is 0 Å². The van der Waals surface area contributed by atoms with Crippen molar-refractivity contribution in [3.63, 3.8) is 0 Å².